The maximum Gasteiger partial charge on any atom is 0.326 e. The van der Waals surface area contributed by atoms with E-state index >= 15 is 0 Å². The summed E-state index contributed by atoms with van der Waals surface area (Å²) in [5.41, 5.74) is 0. The predicted molar refractivity (Wildman–Crippen MR) is 234 cm³/mol. The van der Waals surface area contributed by atoms with Crippen molar-refractivity contribution in [3.8, 4) is 0 Å². The molecule has 8 N–H and O–H groups in total. The van der Waals surface area contributed by atoms with Crippen molar-refractivity contribution in [1.82, 2.24) is 31.9 Å². The van der Waals surface area contributed by atoms with Gasteiger partial charge in [0.1, 0.15) is 19.3 Å². The average molecular weight is 903 g/mol. The number of hydrogen-bond donors (Lipinski definition) is 8. The highest BCUT2D eigenvalue weighted by atomic mass is 16.5. The molecular weight excluding hydrogens is 825 g/mol. The highest BCUT2D eigenvalue weighted by Gasteiger charge is 2.21. The molecule has 0 rings (SSSR count). The molecule has 0 aliphatic heterocycles. The molecule has 0 aromatic rings. The van der Waals surface area contributed by atoms with E-state index in [1.54, 1.807) is 0 Å². The lowest BCUT2D eigenvalue weighted by Gasteiger charge is -2.14. The Labute approximate surface area is 373 Å². The van der Waals surface area contributed by atoms with Crippen LogP contribution in [0.1, 0.15) is 135 Å². The molecule has 1 atom stereocenters. The van der Waals surface area contributed by atoms with Crippen LogP contribution in [0.25, 0.3) is 0 Å². The average Bonchev–Trinajstić information content (AvgIpc) is 3.25. The number of unbranched alkanes of at least 4 members (excludes halogenated alkanes) is 14. The number of ether oxygens (including phenoxy) is 4. The van der Waals surface area contributed by atoms with Gasteiger partial charge in [-0.3, -0.25) is 33.6 Å². The zero-order valence-corrected chi connectivity index (χ0v) is 37.7. The Morgan fingerprint density at radius 1 is 0.413 bits per heavy atom. The minimum Gasteiger partial charge on any atom is -0.481 e. The highest BCUT2D eigenvalue weighted by molar-refractivity contribution is 5.88. The standard InChI is InChI=1S/C43H78N6O14/c1-2-3-22-44-38(52)31-47-39(53)32-48-41(55)34-63-30-28-61-26-24-46-40(54)33-62-29-27-60-25-23-45-36(50)21-20-35(43(58)59)49-37(51)18-16-14-12-10-8-6-4-5-7-9-11-13-15-17-19-42(56)57/h35H,2-34H2,1H3,(H,44,52)(H,45,50)(H,46,54)(H,47,53)(H,48,55)(H,49,51)(H,56,57)(H,58,59)/t35-/m0/s1. The van der Waals surface area contributed by atoms with Gasteiger partial charge in [-0.05, 0) is 25.7 Å². The lowest BCUT2D eigenvalue weighted by Crippen LogP contribution is -2.42. The molecule has 364 valence electrons. The van der Waals surface area contributed by atoms with Crippen molar-refractivity contribution in [2.24, 2.45) is 0 Å². The van der Waals surface area contributed by atoms with Gasteiger partial charge >= 0.3 is 11.9 Å². The van der Waals surface area contributed by atoms with Gasteiger partial charge in [-0.15, -0.1) is 0 Å². The topological polar surface area (TPSA) is 286 Å². The number of nitrogens with one attached hydrogen (secondary N) is 6. The van der Waals surface area contributed by atoms with E-state index in [9.17, 15) is 43.5 Å². The van der Waals surface area contributed by atoms with Gasteiger partial charge in [-0.2, -0.15) is 0 Å². The molecule has 0 heterocycles. The zero-order chi connectivity index (χ0) is 46.6. The van der Waals surface area contributed by atoms with Crippen molar-refractivity contribution in [3.63, 3.8) is 0 Å². The van der Waals surface area contributed by atoms with Gasteiger partial charge < -0.3 is 61.1 Å². The first kappa shape index (κ1) is 58.6. The fourth-order valence-corrected chi connectivity index (χ4v) is 5.85. The third-order valence-corrected chi connectivity index (χ3v) is 9.43. The van der Waals surface area contributed by atoms with Crippen LogP contribution in [-0.2, 0) is 57.3 Å². The van der Waals surface area contributed by atoms with Crippen molar-refractivity contribution in [1.29, 1.82) is 0 Å². The molecule has 0 aromatic heterocycles. The second kappa shape index (κ2) is 42.9. The first-order chi connectivity index (χ1) is 30.4. The molecule has 0 radical (unpaired) electrons. The van der Waals surface area contributed by atoms with Crippen LogP contribution in [0.3, 0.4) is 0 Å². The van der Waals surface area contributed by atoms with Gasteiger partial charge in [0.15, 0.2) is 0 Å². The van der Waals surface area contributed by atoms with Crippen molar-refractivity contribution < 1.29 is 67.5 Å². The lowest BCUT2D eigenvalue weighted by molar-refractivity contribution is -0.142. The first-order valence-corrected chi connectivity index (χ1v) is 22.8. The summed E-state index contributed by atoms with van der Waals surface area (Å²) in [6.45, 7) is 3.09. The van der Waals surface area contributed by atoms with Crippen molar-refractivity contribution in [2.75, 3.05) is 85.6 Å². The molecule has 0 saturated heterocycles. The third kappa shape index (κ3) is 42.7. The van der Waals surface area contributed by atoms with Crippen LogP contribution in [0.15, 0.2) is 0 Å². The Hall–Kier alpha value is -4.40. The van der Waals surface area contributed by atoms with Crippen molar-refractivity contribution in [2.45, 2.75) is 141 Å². The van der Waals surface area contributed by atoms with Crippen LogP contribution in [0.4, 0.5) is 0 Å². The van der Waals surface area contributed by atoms with E-state index in [-0.39, 0.29) is 128 Å². The molecule has 0 bridgehead atoms. The highest BCUT2D eigenvalue weighted by Crippen LogP contribution is 2.14. The summed E-state index contributed by atoms with van der Waals surface area (Å²) >= 11 is 0. The molecule has 20 nitrogen and oxygen atoms in total. The van der Waals surface area contributed by atoms with Gasteiger partial charge in [0, 0.05) is 38.9 Å². The molecule has 0 aromatic carbocycles. The number of aliphatic carboxylic acids is 2. The number of carboxylic acids is 2. The molecule has 20 heteroatoms. The second-order valence-corrected chi connectivity index (χ2v) is 15.1. The van der Waals surface area contributed by atoms with E-state index in [1.165, 1.54) is 38.5 Å². The van der Waals surface area contributed by atoms with Gasteiger partial charge in [-0.25, -0.2) is 4.79 Å². The molecular formula is C43H78N6O14. The number of hydrogen-bond acceptors (Lipinski definition) is 12. The third-order valence-electron chi connectivity index (χ3n) is 9.43. The molecule has 63 heavy (non-hydrogen) atoms. The minimum absolute atomic E-state index is 0.0365. The van der Waals surface area contributed by atoms with Crippen molar-refractivity contribution in [3.05, 3.63) is 0 Å². The van der Waals surface area contributed by atoms with E-state index < -0.39 is 29.8 Å². The normalized spacial score (nSPS) is 11.3. The Kier molecular flexibility index (Phi) is 39.9. The molecule has 0 aliphatic carbocycles. The maximum absolute atomic E-state index is 12.3. The van der Waals surface area contributed by atoms with Crippen LogP contribution in [0.5, 0.6) is 0 Å². The van der Waals surface area contributed by atoms with Gasteiger partial charge in [-0.1, -0.05) is 90.4 Å². The first-order valence-electron chi connectivity index (χ1n) is 22.8. The van der Waals surface area contributed by atoms with E-state index in [0.29, 0.717) is 13.0 Å². The summed E-state index contributed by atoms with van der Waals surface area (Å²) in [5.74, 6) is -4.25. The summed E-state index contributed by atoms with van der Waals surface area (Å²) in [7, 11) is 0. The molecule has 0 fully saturated rings. The summed E-state index contributed by atoms with van der Waals surface area (Å²) in [6.07, 6.45) is 17.2. The Morgan fingerprint density at radius 3 is 1.32 bits per heavy atom. The number of carbonyl (C=O) groups is 8. The fraction of sp³-hybridized carbons (Fsp3) is 0.814. The van der Waals surface area contributed by atoms with Crippen LogP contribution in [0.2, 0.25) is 0 Å². The number of carboxylic acid groups (broad SMARTS) is 2. The Balaban J connectivity index is 3.67. The second-order valence-electron chi connectivity index (χ2n) is 15.1. The molecule has 0 spiro atoms. The van der Waals surface area contributed by atoms with Crippen molar-refractivity contribution >= 4 is 47.4 Å². The predicted octanol–water partition coefficient (Wildman–Crippen LogP) is 2.11. The zero-order valence-electron chi connectivity index (χ0n) is 37.7. The summed E-state index contributed by atoms with van der Waals surface area (Å²) < 4.78 is 21.2. The Morgan fingerprint density at radius 2 is 0.825 bits per heavy atom. The van der Waals surface area contributed by atoms with Gasteiger partial charge in [0.25, 0.3) is 0 Å². The SMILES string of the molecule is CCCCNC(=O)CNC(=O)CNC(=O)COCCOCCNC(=O)COCCOCCNC(=O)CC[C@H](NC(=O)CCCCCCCCCCCCCCCCC(=O)O)C(=O)O. The largest absolute Gasteiger partial charge is 0.481 e. The summed E-state index contributed by atoms with van der Waals surface area (Å²) in [4.78, 5) is 93.7. The van der Waals surface area contributed by atoms with E-state index in [4.69, 9.17) is 24.1 Å². The van der Waals surface area contributed by atoms with Crippen LogP contribution in [0, 0.1) is 0 Å². The maximum atomic E-state index is 12.3. The summed E-state index contributed by atoms with van der Waals surface area (Å²) in [6, 6.07) is -1.15. The van der Waals surface area contributed by atoms with Crippen LogP contribution < -0.4 is 31.9 Å². The van der Waals surface area contributed by atoms with Crippen LogP contribution >= 0.6 is 0 Å². The molecule has 0 aliphatic rings. The number of carbonyl (C=O) groups excluding carboxylic acids is 6. The number of rotatable bonds is 45. The van der Waals surface area contributed by atoms with E-state index in [2.05, 4.69) is 31.9 Å². The van der Waals surface area contributed by atoms with E-state index in [1.807, 2.05) is 6.92 Å². The Bertz CT molecular complexity index is 1270. The number of amides is 6. The van der Waals surface area contributed by atoms with Gasteiger partial charge in [0.05, 0.1) is 52.7 Å². The van der Waals surface area contributed by atoms with E-state index in [0.717, 1.165) is 57.8 Å². The quantitative estimate of drug-likeness (QED) is 0.0407. The monoisotopic (exact) mass is 903 g/mol. The van der Waals surface area contributed by atoms with Gasteiger partial charge in [0.2, 0.25) is 35.4 Å². The smallest absolute Gasteiger partial charge is 0.326 e. The lowest BCUT2D eigenvalue weighted by atomic mass is 10.0. The molecule has 6 amide bonds. The minimum atomic E-state index is -1.19. The van der Waals surface area contributed by atoms with Crippen LogP contribution in [-0.4, -0.2) is 149 Å². The molecule has 0 saturated carbocycles. The molecule has 0 unspecified atom stereocenters. The summed E-state index contributed by atoms with van der Waals surface area (Å²) in [5, 5.41) is 33.4. The fourth-order valence-electron chi connectivity index (χ4n) is 5.85.